The maximum atomic E-state index is 13.6. The molecule has 0 aliphatic heterocycles. The van der Waals surface area contributed by atoms with E-state index in [0.717, 1.165) is 23.3 Å². The molecule has 0 saturated heterocycles. The first-order chi connectivity index (χ1) is 17.5. The molecule has 1 unspecified atom stereocenters. The minimum Gasteiger partial charge on any atom is -0.465 e. The van der Waals surface area contributed by atoms with Gasteiger partial charge in [0.25, 0.3) is 0 Å². The van der Waals surface area contributed by atoms with Crippen LogP contribution in [0.4, 0.5) is 13.2 Å². The zero-order valence-corrected chi connectivity index (χ0v) is 21.2. The lowest BCUT2D eigenvalue weighted by molar-refractivity contribution is -0.149. The number of rotatable bonds is 8. The third-order valence-corrected chi connectivity index (χ3v) is 6.26. The van der Waals surface area contributed by atoms with Gasteiger partial charge in [0.15, 0.2) is 5.65 Å². The van der Waals surface area contributed by atoms with Gasteiger partial charge in [-0.3, -0.25) is 4.79 Å². The van der Waals surface area contributed by atoms with E-state index >= 15 is 0 Å². The summed E-state index contributed by atoms with van der Waals surface area (Å²) in [5.41, 5.74) is 2.09. The Hall–Kier alpha value is -3.72. The second-order valence-electron chi connectivity index (χ2n) is 9.45. The molecule has 0 N–H and O–H groups in total. The lowest BCUT2D eigenvalue weighted by atomic mass is 9.78. The molecule has 9 heteroatoms. The number of benzene rings is 2. The maximum absolute atomic E-state index is 13.6. The van der Waals surface area contributed by atoms with Crippen LogP contribution in [-0.4, -0.2) is 46.2 Å². The Morgan fingerprint density at radius 1 is 1.03 bits per heavy atom. The van der Waals surface area contributed by atoms with E-state index < -0.39 is 23.1 Å². The molecular weight excluding hydrogens is 481 g/mol. The summed E-state index contributed by atoms with van der Waals surface area (Å²) in [6, 6.07) is 14.6. The Morgan fingerprint density at radius 3 is 2.30 bits per heavy atom. The van der Waals surface area contributed by atoms with Crippen molar-refractivity contribution in [1.29, 1.82) is 0 Å². The summed E-state index contributed by atoms with van der Waals surface area (Å²) in [6.07, 6.45) is -0.781. The van der Waals surface area contributed by atoms with Crippen LogP contribution in [0.3, 0.4) is 0 Å². The highest BCUT2D eigenvalue weighted by molar-refractivity contribution is 5.84. The van der Waals surface area contributed by atoms with Crippen molar-refractivity contribution in [3.63, 3.8) is 0 Å². The van der Waals surface area contributed by atoms with Crippen LogP contribution in [0.2, 0.25) is 0 Å². The number of carbonyl (C=O) groups is 1. The number of alkyl halides is 3. The van der Waals surface area contributed by atoms with E-state index in [9.17, 15) is 18.0 Å². The van der Waals surface area contributed by atoms with Gasteiger partial charge in [0.1, 0.15) is 5.41 Å². The number of nitrogens with zero attached hydrogens (tertiary/aromatic N) is 4. The van der Waals surface area contributed by atoms with Crippen LogP contribution in [0.5, 0.6) is 0 Å². The maximum Gasteiger partial charge on any atom is 0.416 e. The van der Waals surface area contributed by atoms with Crippen LogP contribution in [0.1, 0.15) is 36.2 Å². The van der Waals surface area contributed by atoms with Crippen molar-refractivity contribution in [2.75, 3.05) is 20.7 Å². The van der Waals surface area contributed by atoms with Crippen LogP contribution in [0.15, 0.2) is 67.0 Å². The quantitative estimate of drug-likeness (QED) is 0.291. The number of halogens is 3. The molecule has 2 heterocycles. The van der Waals surface area contributed by atoms with E-state index in [1.54, 1.807) is 23.8 Å². The number of carbonyl (C=O) groups excluding carboxylic acids is 1. The SMILES string of the molecule is CCOC(=O)C(C)(Cc1ccccc1)c1c(CN(C)C)cnc2c(-c3ccc(C(F)(F)F)cc3)cnn12. The first-order valence-electron chi connectivity index (χ1n) is 11.9. The first-order valence-corrected chi connectivity index (χ1v) is 11.9. The van der Waals surface area contributed by atoms with Crippen molar-refractivity contribution in [2.24, 2.45) is 0 Å². The fourth-order valence-electron chi connectivity index (χ4n) is 4.60. The fourth-order valence-corrected chi connectivity index (χ4v) is 4.60. The third-order valence-electron chi connectivity index (χ3n) is 6.26. The molecule has 2 aromatic heterocycles. The molecular formula is C28H29F3N4O2. The highest BCUT2D eigenvalue weighted by atomic mass is 19.4. The van der Waals surface area contributed by atoms with Gasteiger partial charge in [-0.25, -0.2) is 9.50 Å². The van der Waals surface area contributed by atoms with Crippen molar-refractivity contribution in [3.8, 4) is 11.1 Å². The van der Waals surface area contributed by atoms with Gasteiger partial charge in [0, 0.05) is 23.9 Å². The van der Waals surface area contributed by atoms with Crippen molar-refractivity contribution in [1.82, 2.24) is 19.5 Å². The predicted molar refractivity (Wildman–Crippen MR) is 135 cm³/mol. The van der Waals surface area contributed by atoms with Crippen LogP contribution < -0.4 is 0 Å². The molecule has 2 aromatic carbocycles. The summed E-state index contributed by atoms with van der Waals surface area (Å²) >= 11 is 0. The summed E-state index contributed by atoms with van der Waals surface area (Å²) in [6.45, 7) is 4.32. The van der Waals surface area contributed by atoms with E-state index in [0.29, 0.717) is 35.4 Å². The molecule has 0 fully saturated rings. The zero-order valence-electron chi connectivity index (χ0n) is 21.2. The Balaban J connectivity index is 1.93. The lowest BCUT2D eigenvalue weighted by Crippen LogP contribution is -2.40. The number of fused-ring (bicyclic) bond motifs is 1. The predicted octanol–water partition coefficient (Wildman–Crippen LogP) is 5.54. The Bertz CT molecular complexity index is 1380. The van der Waals surface area contributed by atoms with Crippen molar-refractivity contribution in [2.45, 2.75) is 38.4 Å². The Morgan fingerprint density at radius 2 is 1.70 bits per heavy atom. The monoisotopic (exact) mass is 510 g/mol. The van der Waals surface area contributed by atoms with E-state index in [2.05, 4.69) is 10.1 Å². The van der Waals surface area contributed by atoms with Crippen LogP contribution in [0, 0.1) is 0 Å². The minimum absolute atomic E-state index is 0.219. The standard InChI is InChI=1S/C28H29F3N4O2/c1-5-37-26(36)27(2,15-19-9-7-6-8-10-19)24-21(18-34(3)4)16-32-25-23(17-33-35(24)25)20-11-13-22(14-12-20)28(29,30)31/h6-14,16-17H,5,15,18H2,1-4H3. The van der Waals surface area contributed by atoms with Gasteiger partial charge in [0.2, 0.25) is 0 Å². The smallest absolute Gasteiger partial charge is 0.416 e. The first kappa shape index (κ1) is 26.3. The molecule has 0 saturated carbocycles. The molecule has 6 nitrogen and oxygen atoms in total. The molecule has 0 radical (unpaired) electrons. The molecule has 0 aliphatic rings. The third kappa shape index (κ3) is 5.36. The number of ether oxygens (including phenoxy) is 1. The molecule has 0 bridgehead atoms. The van der Waals surface area contributed by atoms with Gasteiger partial charge in [0.05, 0.1) is 24.1 Å². The highest BCUT2D eigenvalue weighted by Gasteiger charge is 2.42. The number of hydrogen-bond donors (Lipinski definition) is 0. The normalized spacial score (nSPS) is 13.6. The second-order valence-corrected chi connectivity index (χ2v) is 9.45. The average Bonchev–Trinajstić information content (AvgIpc) is 3.27. The minimum atomic E-state index is -4.43. The lowest BCUT2D eigenvalue weighted by Gasteiger charge is -2.30. The Labute approximate surface area is 213 Å². The van der Waals surface area contributed by atoms with E-state index in [1.165, 1.54) is 12.1 Å². The van der Waals surface area contributed by atoms with E-state index in [4.69, 9.17) is 4.74 Å². The molecule has 0 spiro atoms. The summed E-state index contributed by atoms with van der Waals surface area (Å²) in [7, 11) is 3.84. The second kappa shape index (κ2) is 10.3. The van der Waals surface area contributed by atoms with Gasteiger partial charge in [-0.2, -0.15) is 18.3 Å². The van der Waals surface area contributed by atoms with Crippen molar-refractivity contribution < 1.29 is 22.7 Å². The molecule has 37 heavy (non-hydrogen) atoms. The average molecular weight is 511 g/mol. The largest absolute Gasteiger partial charge is 0.465 e. The van der Waals surface area contributed by atoms with Crippen LogP contribution >= 0.6 is 0 Å². The zero-order chi connectivity index (χ0) is 26.8. The van der Waals surface area contributed by atoms with Crippen molar-refractivity contribution >= 4 is 11.6 Å². The molecule has 0 aliphatic carbocycles. The summed E-state index contributed by atoms with van der Waals surface area (Å²) in [4.78, 5) is 20.2. The van der Waals surface area contributed by atoms with E-state index in [1.807, 2.05) is 56.3 Å². The molecule has 194 valence electrons. The van der Waals surface area contributed by atoms with Gasteiger partial charge in [-0.1, -0.05) is 42.5 Å². The van der Waals surface area contributed by atoms with Crippen LogP contribution in [-0.2, 0) is 34.1 Å². The van der Waals surface area contributed by atoms with Gasteiger partial charge in [-0.15, -0.1) is 0 Å². The number of esters is 1. The molecule has 4 aromatic rings. The summed E-state index contributed by atoms with van der Waals surface area (Å²) in [5.74, 6) is -0.391. The Kier molecular flexibility index (Phi) is 7.36. The molecule has 0 amide bonds. The summed E-state index contributed by atoms with van der Waals surface area (Å²) in [5, 5.41) is 4.59. The van der Waals surface area contributed by atoms with E-state index in [-0.39, 0.29) is 6.61 Å². The molecule has 1 atom stereocenters. The van der Waals surface area contributed by atoms with Crippen LogP contribution in [0.25, 0.3) is 16.8 Å². The fraction of sp³-hybridized carbons (Fsp3) is 0.321. The van der Waals surface area contributed by atoms with Crippen molar-refractivity contribution in [3.05, 3.63) is 89.4 Å². The topological polar surface area (TPSA) is 59.7 Å². The van der Waals surface area contributed by atoms with Gasteiger partial charge >= 0.3 is 12.1 Å². The number of aromatic nitrogens is 3. The van der Waals surface area contributed by atoms with Gasteiger partial charge in [-0.05, 0) is 57.6 Å². The number of hydrogen-bond acceptors (Lipinski definition) is 5. The molecule has 4 rings (SSSR count). The summed E-state index contributed by atoms with van der Waals surface area (Å²) < 4.78 is 46.5. The van der Waals surface area contributed by atoms with Gasteiger partial charge < -0.3 is 9.64 Å². The highest BCUT2D eigenvalue weighted by Crippen LogP contribution is 2.36.